The third-order valence-corrected chi connectivity index (χ3v) is 2.27. The van der Waals surface area contributed by atoms with Crippen LogP contribution in [-0.2, 0) is 4.79 Å². The van der Waals surface area contributed by atoms with E-state index in [9.17, 15) is 4.79 Å². The fourth-order valence-electron chi connectivity index (χ4n) is 1.51. The second-order valence-corrected chi connectivity index (χ2v) is 3.31. The van der Waals surface area contributed by atoms with Crippen LogP contribution >= 0.6 is 0 Å². The quantitative estimate of drug-likeness (QED) is 0.759. The summed E-state index contributed by atoms with van der Waals surface area (Å²) < 4.78 is 0. The number of nitrogens with one attached hydrogen (secondary N) is 1. The number of aryl methyl sites for hydroxylation is 1. The number of rotatable bonds is 4. The third kappa shape index (κ3) is 2.33. The summed E-state index contributed by atoms with van der Waals surface area (Å²) in [6.45, 7) is 2.39. The molecule has 14 heavy (non-hydrogen) atoms. The van der Waals surface area contributed by atoms with Gasteiger partial charge in [-0.25, -0.2) is 0 Å². The molecular formula is C11H15NO2. The molecule has 1 rings (SSSR count). The molecular weight excluding hydrogens is 178 g/mol. The van der Waals surface area contributed by atoms with Crippen LogP contribution in [0.15, 0.2) is 24.3 Å². The van der Waals surface area contributed by atoms with Crippen LogP contribution in [0.1, 0.15) is 17.0 Å². The van der Waals surface area contributed by atoms with Crippen LogP contribution in [-0.4, -0.2) is 24.7 Å². The molecule has 0 spiro atoms. The minimum Gasteiger partial charge on any atom is -0.481 e. The molecule has 1 aromatic carbocycles. The topological polar surface area (TPSA) is 49.3 Å². The number of hydrogen-bond donors (Lipinski definition) is 2. The molecule has 0 fully saturated rings. The molecule has 3 heteroatoms. The number of likely N-dealkylation sites (N-methyl/N-ethyl adjacent to an activating group) is 1. The summed E-state index contributed by atoms with van der Waals surface area (Å²) in [6.07, 6.45) is 0. The molecule has 0 radical (unpaired) electrons. The summed E-state index contributed by atoms with van der Waals surface area (Å²) >= 11 is 0. The number of benzene rings is 1. The average molecular weight is 193 g/mol. The largest absolute Gasteiger partial charge is 0.481 e. The molecule has 0 aliphatic heterocycles. The second-order valence-electron chi connectivity index (χ2n) is 3.31. The maximum Gasteiger partial charge on any atom is 0.312 e. The zero-order chi connectivity index (χ0) is 10.6. The van der Waals surface area contributed by atoms with Crippen LogP contribution in [0.4, 0.5) is 0 Å². The van der Waals surface area contributed by atoms with Gasteiger partial charge < -0.3 is 10.4 Å². The van der Waals surface area contributed by atoms with E-state index in [0.29, 0.717) is 6.54 Å². The van der Waals surface area contributed by atoms with Crippen LogP contribution in [0, 0.1) is 6.92 Å². The average Bonchev–Trinajstić information content (AvgIpc) is 2.15. The first kappa shape index (κ1) is 10.7. The fraction of sp³-hybridized carbons (Fsp3) is 0.364. The van der Waals surface area contributed by atoms with Crippen molar-refractivity contribution in [3.63, 3.8) is 0 Å². The Morgan fingerprint density at radius 3 is 2.64 bits per heavy atom. The van der Waals surface area contributed by atoms with Gasteiger partial charge in [-0.05, 0) is 25.1 Å². The Kier molecular flexibility index (Phi) is 3.65. The number of carboxylic acids is 1. The van der Waals surface area contributed by atoms with Crippen molar-refractivity contribution in [2.24, 2.45) is 0 Å². The Balaban J connectivity index is 2.99. The van der Waals surface area contributed by atoms with Crippen molar-refractivity contribution in [3.05, 3.63) is 35.4 Å². The standard InChI is InChI=1S/C11H15NO2/c1-8-5-3-4-6-9(8)10(7-12-2)11(13)14/h3-6,10,12H,7H2,1-2H3,(H,13,14). The highest BCUT2D eigenvalue weighted by Crippen LogP contribution is 2.19. The van der Waals surface area contributed by atoms with Crippen LogP contribution in [0.5, 0.6) is 0 Å². The molecule has 1 atom stereocenters. The number of carboxylic acid groups (broad SMARTS) is 1. The normalized spacial score (nSPS) is 12.4. The molecule has 76 valence electrons. The maximum atomic E-state index is 11.0. The van der Waals surface area contributed by atoms with Crippen molar-refractivity contribution in [1.29, 1.82) is 0 Å². The lowest BCUT2D eigenvalue weighted by atomic mass is 9.95. The lowest BCUT2D eigenvalue weighted by Gasteiger charge is -2.14. The zero-order valence-electron chi connectivity index (χ0n) is 8.45. The van der Waals surface area contributed by atoms with Crippen molar-refractivity contribution in [3.8, 4) is 0 Å². The van der Waals surface area contributed by atoms with E-state index in [4.69, 9.17) is 5.11 Å². The highest BCUT2D eigenvalue weighted by molar-refractivity contribution is 5.76. The van der Waals surface area contributed by atoms with Gasteiger partial charge in [0, 0.05) is 6.54 Å². The highest BCUT2D eigenvalue weighted by atomic mass is 16.4. The zero-order valence-corrected chi connectivity index (χ0v) is 8.45. The smallest absolute Gasteiger partial charge is 0.312 e. The van der Waals surface area contributed by atoms with Crippen LogP contribution < -0.4 is 5.32 Å². The Hall–Kier alpha value is -1.35. The molecule has 0 aliphatic rings. The fourth-order valence-corrected chi connectivity index (χ4v) is 1.51. The molecule has 3 nitrogen and oxygen atoms in total. The molecule has 0 bridgehead atoms. The first-order valence-electron chi connectivity index (χ1n) is 4.59. The van der Waals surface area contributed by atoms with Crippen LogP contribution in [0.25, 0.3) is 0 Å². The number of carbonyl (C=O) groups is 1. The van der Waals surface area contributed by atoms with Gasteiger partial charge in [-0.15, -0.1) is 0 Å². The summed E-state index contributed by atoms with van der Waals surface area (Å²) in [6, 6.07) is 7.58. The molecule has 0 saturated carbocycles. The van der Waals surface area contributed by atoms with Gasteiger partial charge in [0.15, 0.2) is 0 Å². The van der Waals surface area contributed by atoms with E-state index in [0.717, 1.165) is 11.1 Å². The maximum absolute atomic E-state index is 11.0. The lowest BCUT2D eigenvalue weighted by Crippen LogP contribution is -2.24. The molecule has 2 N–H and O–H groups in total. The van der Waals surface area contributed by atoms with Crippen LogP contribution in [0.2, 0.25) is 0 Å². The minimum atomic E-state index is -0.784. The molecule has 0 saturated heterocycles. The summed E-state index contributed by atoms with van der Waals surface area (Å²) in [5.74, 6) is -1.24. The van der Waals surface area contributed by atoms with Crippen molar-refractivity contribution < 1.29 is 9.90 Å². The van der Waals surface area contributed by atoms with Gasteiger partial charge in [-0.1, -0.05) is 24.3 Å². The van der Waals surface area contributed by atoms with Gasteiger partial charge in [-0.3, -0.25) is 4.79 Å². The van der Waals surface area contributed by atoms with E-state index in [1.54, 1.807) is 7.05 Å². The SMILES string of the molecule is CNCC(C(=O)O)c1ccccc1C. The highest BCUT2D eigenvalue weighted by Gasteiger charge is 2.19. The van der Waals surface area contributed by atoms with E-state index in [1.165, 1.54) is 0 Å². The van der Waals surface area contributed by atoms with Crippen molar-refractivity contribution in [2.45, 2.75) is 12.8 Å². The Morgan fingerprint density at radius 1 is 1.50 bits per heavy atom. The van der Waals surface area contributed by atoms with E-state index in [1.807, 2.05) is 31.2 Å². The predicted octanol–water partition coefficient (Wildman–Crippen LogP) is 1.38. The summed E-state index contributed by atoms with van der Waals surface area (Å²) in [5, 5.41) is 11.9. The molecule has 0 heterocycles. The van der Waals surface area contributed by atoms with E-state index < -0.39 is 11.9 Å². The first-order valence-corrected chi connectivity index (χ1v) is 4.59. The number of aliphatic carboxylic acids is 1. The summed E-state index contributed by atoms with van der Waals surface area (Å²) in [4.78, 5) is 11.0. The summed E-state index contributed by atoms with van der Waals surface area (Å²) in [5.41, 5.74) is 1.91. The van der Waals surface area contributed by atoms with Gasteiger partial charge in [0.25, 0.3) is 0 Å². The summed E-state index contributed by atoms with van der Waals surface area (Å²) in [7, 11) is 1.76. The van der Waals surface area contributed by atoms with Gasteiger partial charge in [0.1, 0.15) is 0 Å². The van der Waals surface area contributed by atoms with Gasteiger partial charge in [-0.2, -0.15) is 0 Å². The van der Waals surface area contributed by atoms with Gasteiger partial charge in [0.2, 0.25) is 0 Å². The van der Waals surface area contributed by atoms with Gasteiger partial charge in [0.05, 0.1) is 5.92 Å². The molecule has 0 amide bonds. The molecule has 1 aromatic rings. The van der Waals surface area contributed by atoms with Gasteiger partial charge >= 0.3 is 5.97 Å². The van der Waals surface area contributed by atoms with Crippen molar-refractivity contribution in [2.75, 3.05) is 13.6 Å². The van der Waals surface area contributed by atoms with E-state index >= 15 is 0 Å². The predicted molar refractivity (Wildman–Crippen MR) is 55.5 cm³/mol. The monoisotopic (exact) mass is 193 g/mol. The second kappa shape index (κ2) is 4.77. The third-order valence-electron chi connectivity index (χ3n) is 2.27. The molecule has 0 aliphatic carbocycles. The minimum absolute atomic E-state index is 0.457. The Bertz CT molecular complexity index is 323. The van der Waals surface area contributed by atoms with Crippen LogP contribution in [0.3, 0.4) is 0 Å². The van der Waals surface area contributed by atoms with Crippen molar-refractivity contribution >= 4 is 5.97 Å². The first-order chi connectivity index (χ1) is 6.66. The Labute approximate surface area is 83.8 Å². The van der Waals surface area contributed by atoms with E-state index in [-0.39, 0.29) is 0 Å². The molecule has 0 aromatic heterocycles. The molecule has 1 unspecified atom stereocenters. The van der Waals surface area contributed by atoms with Crippen molar-refractivity contribution in [1.82, 2.24) is 5.32 Å². The number of hydrogen-bond acceptors (Lipinski definition) is 2. The van der Waals surface area contributed by atoms with E-state index in [2.05, 4.69) is 5.32 Å². The Morgan fingerprint density at radius 2 is 2.14 bits per heavy atom. The lowest BCUT2D eigenvalue weighted by molar-refractivity contribution is -0.138.